The van der Waals surface area contributed by atoms with E-state index in [4.69, 9.17) is 4.74 Å². The lowest BCUT2D eigenvalue weighted by Gasteiger charge is -2.36. The topological polar surface area (TPSA) is 105 Å². The number of aliphatic hydroxyl groups is 1. The van der Waals surface area contributed by atoms with Crippen molar-refractivity contribution in [2.75, 3.05) is 6.61 Å². The zero-order chi connectivity index (χ0) is 20.9. The third kappa shape index (κ3) is 6.25. The minimum atomic E-state index is -3.70. The van der Waals surface area contributed by atoms with Gasteiger partial charge in [-0.1, -0.05) is 37.0 Å². The monoisotopic (exact) mass is 424 g/mol. The first kappa shape index (κ1) is 22.2. The van der Waals surface area contributed by atoms with Gasteiger partial charge in [0.1, 0.15) is 0 Å². The van der Waals surface area contributed by atoms with Crippen LogP contribution in [0.5, 0.6) is 0 Å². The maximum Gasteiger partial charge on any atom is 0.240 e. The first-order valence-corrected chi connectivity index (χ1v) is 12.0. The van der Waals surface area contributed by atoms with Crippen LogP contribution < -0.4 is 10.0 Å². The summed E-state index contributed by atoms with van der Waals surface area (Å²) in [5, 5.41) is 12.8. The number of amides is 1. The molecule has 1 aromatic rings. The standard InChI is InChI=1S/C21H32N2O5S/c1-15-7-10-18(11-8-15)29(26,27)23-19-12-9-17(28-20(19)14-24)13-21(25)22-16-5-3-2-4-6-16/h7-8,10-11,16-17,19-20,23-24H,2-6,9,12-14H2,1H3,(H,22,25)/t17-,19+,20-/m1/s1. The predicted molar refractivity (Wildman–Crippen MR) is 110 cm³/mol. The van der Waals surface area contributed by atoms with Crippen molar-refractivity contribution >= 4 is 15.9 Å². The Balaban J connectivity index is 1.53. The average molecular weight is 425 g/mol. The van der Waals surface area contributed by atoms with Crippen LogP contribution in [0.15, 0.2) is 29.2 Å². The van der Waals surface area contributed by atoms with Crippen molar-refractivity contribution in [2.45, 2.75) is 87.5 Å². The van der Waals surface area contributed by atoms with Crippen molar-refractivity contribution in [1.82, 2.24) is 10.0 Å². The number of rotatable bonds is 7. The number of sulfonamides is 1. The zero-order valence-corrected chi connectivity index (χ0v) is 17.8. The van der Waals surface area contributed by atoms with Crippen LogP contribution in [-0.4, -0.2) is 50.3 Å². The first-order chi connectivity index (χ1) is 13.9. The second-order valence-corrected chi connectivity index (χ2v) is 9.92. The molecule has 3 N–H and O–H groups in total. The number of carbonyl (C=O) groups is 1. The van der Waals surface area contributed by atoms with Gasteiger partial charge < -0.3 is 15.2 Å². The number of aryl methyl sites for hydroxylation is 1. The van der Waals surface area contributed by atoms with Crippen molar-refractivity contribution in [3.8, 4) is 0 Å². The Kier molecular flexibility index (Phi) is 7.67. The van der Waals surface area contributed by atoms with Gasteiger partial charge in [0.05, 0.1) is 36.2 Å². The SMILES string of the molecule is Cc1ccc(S(=O)(=O)N[C@H]2CC[C@H](CC(=O)NC3CCCCC3)O[C@@H]2CO)cc1. The fourth-order valence-corrected chi connectivity index (χ4v) is 5.44. The number of aliphatic hydroxyl groups excluding tert-OH is 1. The second-order valence-electron chi connectivity index (χ2n) is 8.20. The van der Waals surface area contributed by atoms with Gasteiger partial charge in [0.25, 0.3) is 0 Å². The number of benzene rings is 1. The summed E-state index contributed by atoms with van der Waals surface area (Å²) in [6, 6.07) is 6.35. The lowest BCUT2D eigenvalue weighted by molar-refractivity contribution is -0.131. The summed E-state index contributed by atoms with van der Waals surface area (Å²) < 4.78 is 33.8. The molecule has 3 rings (SSSR count). The van der Waals surface area contributed by atoms with Crippen LogP contribution in [0.4, 0.5) is 0 Å². The van der Waals surface area contributed by atoms with E-state index < -0.39 is 22.2 Å². The van der Waals surface area contributed by atoms with Gasteiger partial charge >= 0.3 is 0 Å². The summed E-state index contributed by atoms with van der Waals surface area (Å²) in [4.78, 5) is 12.5. The molecule has 7 nitrogen and oxygen atoms in total. The third-order valence-corrected chi connectivity index (χ3v) is 7.32. The summed E-state index contributed by atoms with van der Waals surface area (Å²) in [6.07, 6.45) is 5.93. The molecule has 2 fully saturated rings. The molecular formula is C21H32N2O5S. The van der Waals surface area contributed by atoms with E-state index in [2.05, 4.69) is 10.0 Å². The molecular weight excluding hydrogens is 392 g/mol. The predicted octanol–water partition coefficient (Wildman–Crippen LogP) is 2.02. The van der Waals surface area contributed by atoms with Crippen LogP contribution in [0.3, 0.4) is 0 Å². The zero-order valence-electron chi connectivity index (χ0n) is 17.0. The van der Waals surface area contributed by atoms with E-state index in [1.165, 1.54) is 6.42 Å². The fourth-order valence-electron chi connectivity index (χ4n) is 4.14. The second kappa shape index (κ2) is 10.0. The molecule has 29 heavy (non-hydrogen) atoms. The fraction of sp³-hybridized carbons (Fsp3) is 0.667. The van der Waals surface area contributed by atoms with Crippen molar-refractivity contribution in [3.05, 3.63) is 29.8 Å². The molecule has 0 radical (unpaired) electrons. The molecule has 2 aliphatic rings. The highest BCUT2D eigenvalue weighted by molar-refractivity contribution is 7.89. The molecule has 162 valence electrons. The van der Waals surface area contributed by atoms with Gasteiger partial charge in [-0.15, -0.1) is 0 Å². The summed E-state index contributed by atoms with van der Waals surface area (Å²) in [7, 11) is -3.70. The summed E-state index contributed by atoms with van der Waals surface area (Å²) in [6.45, 7) is 1.59. The minimum Gasteiger partial charge on any atom is -0.394 e. The van der Waals surface area contributed by atoms with E-state index >= 15 is 0 Å². The van der Waals surface area contributed by atoms with Gasteiger partial charge in [-0.05, 0) is 44.7 Å². The molecule has 1 aromatic carbocycles. The molecule has 1 aliphatic carbocycles. The molecule has 0 aromatic heterocycles. The number of carbonyl (C=O) groups excluding carboxylic acids is 1. The summed E-state index contributed by atoms with van der Waals surface area (Å²) in [5.74, 6) is -0.0303. The maximum absolute atomic E-state index is 12.6. The smallest absolute Gasteiger partial charge is 0.240 e. The van der Waals surface area contributed by atoms with E-state index in [1.54, 1.807) is 24.3 Å². The van der Waals surface area contributed by atoms with Crippen LogP contribution in [-0.2, 0) is 19.6 Å². The molecule has 1 aliphatic heterocycles. The molecule has 1 saturated heterocycles. The Morgan fingerprint density at radius 3 is 2.45 bits per heavy atom. The Morgan fingerprint density at radius 1 is 1.10 bits per heavy atom. The van der Waals surface area contributed by atoms with Crippen LogP contribution >= 0.6 is 0 Å². The largest absolute Gasteiger partial charge is 0.394 e. The molecule has 8 heteroatoms. The van der Waals surface area contributed by atoms with Gasteiger partial charge in [-0.3, -0.25) is 4.79 Å². The maximum atomic E-state index is 12.6. The van der Waals surface area contributed by atoms with E-state index in [0.717, 1.165) is 31.2 Å². The molecule has 0 spiro atoms. The third-order valence-electron chi connectivity index (χ3n) is 5.82. The molecule has 0 bridgehead atoms. The van der Waals surface area contributed by atoms with Crippen molar-refractivity contribution in [2.24, 2.45) is 0 Å². The number of ether oxygens (including phenoxy) is 1. The van der Waals surface area contributed by atoms with Crippen LogP contribution in [0.25, 0.3) is 0 Å². The van der Waals surface area contributed by atoms with Crippen molar-refractivity contribution < 1.29 is 23.1 Å². The highest BCUT2D eigenvalue weighted by Crippen LogP contribution is 2.24. The Hall–Kier alpha value is -1.48. The lowest BCUT2D eigenvalue weighted by Crippen LogP contribution is -2.51. The Labute approximate surface area is 173 Å². The van der Waals surface area contributed by atoms with Gasteiger partial charge in [0.15, 0.2) is 0 Å². The number of hydrogen-bond acceptors (Lipinski definition) is 5. The first-order valence-electron chi connectivity index (χ1n) is 10.5. The highest BCUT2D eigenvalue weighted by atomic mass is 32.2. The molecule has 1 amide bonds. The molecule has 1 saturated carbocycles. The summed E-state index contributed by atoms with van der Waals surface area (Å²) >= 11 is 0. The van der Waals surface area contributed by atoms with E-state index in [1.807, 2.05) is 6.92 Å². The van der Waals surface area contributed by atoms with E-state index in [-0.39, 0.29) is 36.0 Å². The normalized spacial score (nSPS) is 26.2. The molecule has 3 atom stereocenters. The highest BCUT2D eigenvalue weighted by Gasteiger charge is 2.35. The number of hydrogen-bond donors (Lipinski definition) is 3. The quantitative estimate of drug-likeness (QED) is 0.621. The Morgan fingerprint density at radius 2 is 1.79 bits per heavy atom. The molecule has 1 heterocycles. The van der Waals surface area contributed by atoms with Gasteiger partial charge in [0, 0.05) is 6.04 Å². The van der Waals surface area contributed by atoms with Crippen molar-refractivity contribution in [3.63, 3.8) is 0 Å². The van der Waals surface area contributed by atoms with Crippen LogP contribution in [0.1, 0.15) is 56.9 Å². The van der Waals surface area contributed by atoms with E-state index in [9.17, 15) is 18.3 Å². The van der Waals surface area contributed by atoms with Crippen LogP contribution in [0, 0.1) is 6.92 Å². The Bertz CT molecular complexity index is 775. The minimum absolute atomic E-state index is 0.0303. The summed E-state index contributed by atoms with van der Waals surface area (Å²) in [5.41, 5.74) is 0.979. The van der Waals surface area contributed by atoms with Crippen LogP contribution in [0.2, 0.25) is 0 Å². The lowest BCUT2D eigenvalue weighted by atomic mass is 9.94. The number of nitrogens with one attached hydrogen (secondary N) is 2. The van der Waals surface area contributed by atoms with Gasteiger partial charge in [-0.25, -0.2) is 13.1 Å². The molecule has 0 unspecified atom stereocenters. The average Bonchev–Trinajstić information content (AvgIpc) is 2.70. The van der Waals surface area contributed by atoms with Gasteiger partial charge in [-0.2, -0.15) is 0 Å². The van der Waals surface area contributed by atoms with Crippen molar-refractivity contribution in [1.29, 1.82) is 0 Å². The van der Waals surface area contributed by atoms with E-state index in [0.29, 0.717) is 12.8 Å². The van der Waals surface area contributed by atoms with Gasteiger partial charge in [0.2, 0.25) is 15.9 Å².